The van der Waals surface area contributed by atoms with Gasteiger partial charge in [-0.15, -0.1) is 24.0 Å². The summed E-state index contributed by atoms with van der Waals surface area (Å²) in [5.74, 6) is 1.78. The molecule has 2 N–H and O–H groups in total. The summed E-state index contributed by atoms with van der Waals surface area (Å²) in [6.07, 6.45) is 5.06. The third-order valence-electron chi connectivity index (χ3n) is 5.62. The highest BCUT2D eigenvalue weighted by Gasteiger charge is 2.18. The molecule has 7 nitrogen and oxygen atoms in total. The van der Waals surface area contributed by atoms with E-state index in [0.29, 0.717) is 13.1 Å². The van der Waals surface area contributed by atoms with Crippen LogP contribution in [0.3, 0.4) is 0 Å². The summed E-state index contributed by atoms with van der Waals surface area (Å²) in [6, 6.07) is 7.83. The van der Waals surface area contributed by atoms with E-state index in [-0.39, 0.29) is 29.9 Å². The second kappa shape index (κ2) is 13.4. The van der Waals surface area contributed by atoms with E-state index < -0.39 is 0 Å². The third kappa shape index (κ3) is 6.95. The van der Waals surface area contributed by atoms with Crippen LogP contribution in [0, 0.1) is 0 Å². The number of benzene rings is 1. The van der Waals surface area contributed by atoms with E-state index >= 15 is 0 Å². The lowest BCUT2D eigenvalue weighted by atomic mass is 10.1. The van der Waals surface area contributed by atoms with Gasteiger partial charge in [-0.1, -0.05) is 31.1 Å². The summed E-state index contributed by atoms with van der Waals surface area (Å²) >= 11 is 0. The summed E-state index contributed by atoms with van der Waals surface area (Å²) in [4.78, 5) is 19.5. The molecule has 0 saturated carbocycles. The van der Waals surface area contributed by atoms with Gasteiger partial charge in [-0.25, -0.2) is 4.99 Å². The van der Waals surface area contributed by atoms with E-state index in [0.717, 1.165) is 79.4 Å². The molecule has 1 saturated heterocycles. The number of nitrogens with zero attached hydrogens (tertiary/aromatic N) is 3. The van der Waals surface area contributed by atoms with Crippen molar-refractivity contribution in [2.24, 2.45) is 4.99 Å². The monoisotopic (exact) mass is 553 g/mol. The minimum absolute atomic E-state index is 0. The second-order valence-electron chi connectivity index (χ2n) is 7.84. The Labute approximate surface area is 208 Å². The van der Waals surface area contributed by atoms with Crippen LogP contribution in [0.1, 0.15) is 73.0 Å². The molecule has 176 valence electrons. The number of halogens is 1. The Morgan fingerprint density at radius 3 is 2.59 bits per heavy atom. The number of carbonyl (C=O) groups is 1. The predicted molar refractivity (Wildman–Crippen MR) is 139 cm³/mol. The van der Waals surface area contributed by atoms with Crippen LogP contribution < -0.4 is 10.6 Å². The van der Waals surface area contributed by atoms with Crippen LogP contribution in [-0.4, -0.2) is 41.6 Å². The van der Waals surface area contributed by atoms with Gasteiger partial charge >= 0.3 is 0 Å². The van der Waals surface area contributed by atoms with E-state index in [9.17, 15) is 4.79 Å². The molecule has 0 aliphatic carbocycles. The molecule has 8 heteroatoms. The second-order valence-corrected chi connectivity index (χ2v) is 7.84. The normalized spacial score (nSPS) is 14.1. The fourth-order valence-corrected chi connectivity index (χ4v) is 3.90. The van der Waals surface area contributed by atoms with Gasteiger partial charge in [0.25, 0.3) is 5.91 Å². The minimum atomic E-state index is 0. The number of carbonyl (C=O) groups excluding carboxylic acids is 1. The first-order valence-corrected chi connectivity index (χ1v) is 11.5. The summed E-state index contributed by atoms with van der Waals surface area (Å²) in [6.45, 7) is 9.81. The van der Waals surface area contributed by atoms with Crippen LogP contribution in [0.25, 0.3) is 0 Å². The zero-order chi connectivity index (χ0) is 22.1. The fraction of sp³-hybridized carbons (Fsp3) is 0.542. The highest BCUT2D eigenvalue weighted by molar-refractivity contribution is 14.0. The largest absolute Gasteiger partial charge is 0.361 e. The van der Waals surface area contributed by atoms with E-state index in [1.807, 2.05) is 36.1 Å². The van der Waals surface area contributed by atoms with Crippen molar-refractivity contribution in [3.63, 3.8) is 0 Å². The fourth-order valence-electron chi connectivity index (χ4n) is 3.90. The molecule has 0 atom stereocenters. The van der Waals surface area contributed by atoms with Gasteiger partial charge in [0.15, 0.2) is 5.96 Å². The maximum absolute atomic E-state index is 12.8. The lowest BCUT2D eigenvalue weighted by molar-refractivity contribution is 0.0724. The summed E-state index contributed by atoms with van der Waals surface area (Å²) in [7, 11) is 0. The van der Waals surface area contributed by atoms with Crippen molar-refractivity contribution < 1.29 is 9.32 Å². The Hall–Kier alpha value is -2.10. The summed E-state index contributed by atoms with van der Waals surface area (Å²) in [5, 5.41) is 10.9. The average Bonchev–Trinajstić information content (AvgIpc) is 3.23. The molecule has 1 amide bonds. The number of likely N-dealkylation sites (tertiary alicyclic amines) is 1. The van der Waals surface area contributed by atoms with E-state index in [2.05, 4.69) is 29.6 Å². The molecule has 0 radical (unpaired) electrons. The number of nitrogens with one attached hydrogen (secondary N) is 2. The Morgan fingerprint density at radius 1 is 1.12 bits per heavy atom. The van der Waals surface area contributed by atoms with E-state index in [1.54, 1.807) is 0 Å². The van der Waals surface area contributed by atoms with Crippen LogP contribution in [0.5, 0.6) is 0 Å². The van der Waals surface area contributed by atoms with Crippen LogP contribution in [0.15, 0.2) is 33.8 Å². The molecule has 0 spiro atoms. The summed E-state index contributed by atoms with van der Waals surface area (Å²) in [5.41, 5.74) is 3.87. The zero-order valence-electron chi connectivity index (χ0n) is 19.4. The summed E-state index contributed by atoms with van der Waals surface area (Å²) < 4.78 is 5.46. The Balaban J connectivity index is 0.00000363. The topological polar surface area (TPSA) is 82.8 Å². The Bertz CT molecular complexity index is 869. The van der Waals surface area contributed by atoms with E-state index in [1.165, 1.54) is 6.42 Å². The van der Waals surface area contributed by atoms with Gasteiger partial charge in [0.2, 0.25) is 0 Å². The first-order valence-electron chi connectivity index (χ1n) is 11.5. The smallest absolute Gasteiger partial charge is 0.253 e. The van der Waals surface area contributed by atoms with Gasteiger partial charge in [0.1, 0.15) is 5.76 Å². The number of piperidine rings is 1. The molecule has 0 bridgehead atoms. The van der Waals surface area contributed by atoms with Crippen molar-refractivity contribution in [2.45, 2.75) is 66.0 Å². The Kier molecular flexibility index (Phi) is 11.0. The maximum atomic E-state index is 12.8. The standard InChI is InChI=1S/C24H35N5O2.HI/c1-4-21-20(22(5-2)31-28-21)17-27-24(25-6-3)26-16-18-11-10-12-19(15-18)23(30)29-13-8-7-9-14-29;/h10-12,15H,4-9,13-14,16-17H2,1-3H3,(H2,25,26,27);1H. The van der Waals surface area contributed by atoms with Crippen molar-refractivity contribution >= 4 is 35.8 Å². The number of aliphatic imine (C=N–C) groups is 1. The van der Waals surface area contributed by atoms with Crippen molar-refractivity contribution in [1.82, 2.24) is 20.7 Å². The molecule has 1 aromatic heterocycles. The lowest BCUT2D eigenvalue weighted by Crippen LogP contribution is -2.37. The first kappa shape index (κ1) is 26.2. The van der Waals surface area contributed by atoms with Gasteiger partial charge < -0.3 is 20.1 Å². The minimum Gasteiger partial charge on any atom is -0.361 e. The molecule has 0 unspecified atom stereocenters. The van der Waals surface area contributed by atoms with Crippen LogP contribution in [-0.2, 0) is 25.9 Å². The molecular formula is C24H36IN5O2. The molecule has 1 aromatic carbocycles. The van der Waals surface area contributed by atoms with Crippen LogP contribution in [0.4, 0.5) is 0 Å². The molecule has 2 aromatic rings. The molecule has 32 heavy (non-hydrogen) atoms. The number of hydrogen-bond donors (Lipinski definition) is 2. The zero-order valence-corrected chi connectivity index (χ0v) is 21.8. The number of guanidine groups is 1. The quantitative estimate of drug-likeness (QED) is 0.290. The number of amides is 1. The van der Waals surface area contributed by atoms with Gasteiger partial charge in [-0.2, -0.15) is 0 Å². The first-order chi connectivity index (χ1) is 15.2. The maximum Gasteiger partial charge on any atom is 0.253 e. The van der Waals surface area contributed by atoms with Gasteiger partial charge in [-0.05, 0) is 50.3 Å². The number of hydrogen-bond acceptors (Lipinski definition) is 4. The van der Waals surface area contributed by atoms with Crippen molar-refractivity contribution in [2.75, 3.05) is 19.6 Å². The molecular weight excluding hydrogens is 517 g/mol. The van der Waals surface area contributed by atoms with Gasteiger partial charge in [0.05, 0.1) is 12.2 Å². The highest BCUT2D eigenvalue weighted by atomic mass is 127. The van der Waals surface area contributed by atoms with Crippen molar-refractivity contribution in [3.05, 3.63) is 52.4 Å². The van der Waals surface area contributed by atoms with Gasteiger partial charge in [0, 0.05) is 43.7 Å². The van der Waals surface area contributed by atoms with Crippen molar-refractivity contribution in [1.29, 1.82) is 0 Å². The molecule has 1 aliphatic rings. The Morgan fingerprint density at radius 2 is 1.91 bits per heavy atom. The third-order valence-corrected chi connectivity index (χ3v) is 5.62. The lowest BCUT2D eigenvalue weighted by Gasteiger charge is -2.26. The predicted octanol–water partition coefficient (Wildman–Crippen LogP) is 4.30. The van der Waals surface area contributed by atoms with Crippen LogP contribution >= 0.6 is 24.0 Å². The molecule has 1 fully saturated rings. The number of rotatable bonds is 8. The highest BCUT2D eigenvalue weighted by Crippen LogP contribution is 2.16. The molecule has 3 rings (SSSR count). The number of aromatic nitrogens is 1. The average molecular weight is 553 g/mol. The van der Waals surface area contributed by atoms with Crippen molar-refractivity contribution in [3.8, 4) is 0 Å². The van der Waals surface area contributed by atoms with Gasteiger partial charge in [-0.3, -0.25) is 4.79 Å². The SMILES string of the molecule is CCNC(=NCc1cccc(C(=O)N2CCCCC2)c1)NCc1c(CC)noc1CC.I. The number of aryl methyl sites for hydroxylation is 2. The molecule has 1 aliphatic heterocycles. The van der Waals surface area contributed by atoms with E-state index in [4.69, 9.17) is 9.52 Å². The molecule has 2 heterocycles. The van der Waals surface area contributed by atoms with Crippen LogP contribution in [0.2, 0.25) is 0 Å².